The molecule has 0 amide bonds. The first kappa shape index (κ1) is 15.9. The van der Waals surface area contributed by atoms with Crippen LogP contribution < -0.4 is 61.6 Å². The van der Waals surface area contributed by atoms with Crippen LogP contribution in [0.4, 0.5) is 18.6 Å². The summed E-state index contributed by atoms with van der Waals surface area (Å²) in [5, 5.41) is 10.3. The summed E-state index contributed by atoms with van der Waals surface area (Å²) >= 11 is 0. The second-order valence-corrected chi connectivity index (χ2v) is 2.76. The van der Waals surface area contributed by atoms with E-state index in [1.54, 1.807) is 0 Å². The second-order valence-electron chi connectivity index (χ2n) is 2.76. The van der Waals surface area contributed by atoms with Gasteiger partial charge in [0.25, 0.3) is 5.69 Å². The van der Waals surface area contributed by atoms with Crippen LogP contribution in [0.2, 0.25) is 0 Å². The fourth-order valence-electron chi connectivity index (χ4n) is 1.09. The number of nitro benzene ring substituents is 1. The van der Waals surface area contributed by atoms with Crippen molar-refractivity contribution in [2.45, 2.75) is 0 Å². The van der Waals surface area contributed by atoms with Crippen molar-refractivity contribution in [2.24, 2.45) is 0 Å². The third kappa shape index (κ3) is 3.74. The number of non-ortho nitro benzene ring substituents is 1. The Kier molecular flexibility index (Phi) is 5.98. The summed E-state index contributed by atoms with van der Waals surface area (Å²) in [5.74, 6) is -0.409. The van der Waals surface area contributed by atoms with Crippen molar-refractivity contribution in [3.05, 3.63) is 28.3 Å². The minimum atomic E-state index is -5.32. The molecule has 0 radical (unpaired) electrons. The Bertz CT molecular complexity index is 399. The molecule has 0 fully saturated rings. The van der Waals surface area contributed by atoms with Crippen LogP contribution >= 0.6 is 0 Å². The molecule has 0 aliphatic carbocycles. The molecule has 0 atom stereocenters. The summed E-state index contributed by atoms with van der Waals surface area (Å²) in [5.41, 5.74) is -1.70. The molecule has 16 heavy (non-hydrogen) atoms. The monoisotopic (exact) mass is 259 g/mol. The van der Waals surface area contributed by atoms with Gasteiger partial charge in [0.05, 0.1) is 17.8 Å². The van der Waals surface area contributed by atoms with E-state index in [1.807, 2.05) is 0 Å². The molecule has 0 heterocycles. The molecule has 0 saturated heterocycles. The van der Waals surface area contributed by atoms with Crippen LogP contribution in [0.25, 0.3) is 0 Å². The summed E-state index contributed by atoms with van der Waals surface area (Å²) < 4.78 is 41.8. The van der Waals surface area contributed by atoms with E-state index in [9.17, 15) is 23.1 Å². The fraction of sp³-hybridized carbons (Fsp3) is 0.143. The van der Waals surface area contributed by atoms with Gasteiger partial charge in [0.2, 0.25) is 0 Å². The van der Waals surface area contributed by atoms with Crippen molar-refractivity contribution in [2.75, 3.05) is 7.11 Å². The summed E-state index contributed by atoms with van der Waals surface area (Å²) in [4.78, 5) is 9.40. The predicted molar refractivity (Wildman–Crippen MR) is 48.4 cm³/mol. The van der Waals surface area contributed by atoms with E-state index in [0.717, 1.165) is 19.2 Å². The summed E-state index contributed by atoms with van der Waals surface area (Å²) in [6.07, 6.45) is 0. The molecular formula is C7H6BF3KNO3. The van der Waals surface area contributed by atoms with Crippen LogP contribution in [0, 0.1) is 10.1 Å². The molecule has 1 rings (SSSR count). The van der Waals surface area contributed by atoms with Crippen LogP contribution in [0.5, 0.6) is 5.75 Å². The van der Waals surface area contributed by atoms with Gasteiger partial charge in [0, 0.05) is 6.07 Å². The van der Waals surface area contributed by atoms with E-state index >= 15 is 0 Å². The topological polar surface area (TPSA) is 52.4 Å². The van der Waals surface area contributed by atoms with Gasteiger partial charge in [0.15, 0.2) is 0 Å². The van der Waals surface area contributed by atoms with Crippen molar-refractivity contribution in [3.8, 4) is 5.75 Å². The van der Waals surface area contributed by atoms with Gasteiger partial charge < -0.3 is 17.7 Å². The standard InChI is InChI=1S/C7H6BF3NO3.K/c1-15-7-3-2-5(12(13)14)4-6(7)8(9,10)11;/h2-4H,1H3;/q-1;+1. The molecule has 1 aromatic rings. The van der Waals surface area contributed by atoms with Crippen LogP contribution in [-0.2, 0) is 0 Å². The van der Waals surface area contributed by atoms with Crippen molar-refractivity contribution < 1.29 is 74.0 Å². The number of nitrogens with zero attached hydrogens (tertiary/aromatic N) is 1. The number of rotatable bonds is 3. The van der Waals surface area contributed by atoms with Gasteiger partial charge in [-0.05, 0) is 12.1 Å². The molecule has 9 heteroatoms. The SMILES string of the molecule is COc1ccc([N+](=O)[O-])cc1[B-](F)(F)F.[K+]. The van der Waals surface area contributed by atoms with Gasteiger partial charge in [-0.25, -0.2) is 0 Å². The van der Waals surface area contributed by atoms with Gasteiger partial charge in [0.1, 0.15) is 0 Å². The zero-order valence-corrected chi connectivity index (χ0v) is 11.7. The van der Waals surface area contributed by atoms with E-state index in [1.165, 1.54) is 0 Å². The second kappa shape index (κ2) is 6.01. The largest absolute Gasteiger partial charge is 1.00 e. The number of ether oxygens (including phenoxy) is 1. The Morgan fingerprint density at radius 2 is 1.94 bits per heavy atom. The first-order valence-corrected chi connectivity index (χ1v) is 3.88. The Morgan fingerprint density at radius 3 is 2.31 bits per heavy atom. The van der Waals surface area contributed by atoms with E-state index in [-0.39, 0.29) is 51.4 Å². The first-order chi connectivity index (χ1) is 6.86. The van der Waals surface area contributed by atoms with Gasteiger partial charge in [-0.15, -0.1) is 0 Å². The number of hydrogen-bond acceptors (Lipinski definition) is 3. The van der Waals surface area contributed by atoms with E-state index in [4.69, 9.17) is 0 Å². The third-order valence-electron chi connectivity index (χ3n) is 1.78. The van der Waals surface area contributed by atoms with Crippen molar-refractivity contribution in [3.63, 3.8) is 0 Å². The van der Waals surface area contributed by atoms with E-state index in [2.05, 4.69) is 4.74 Å². The normalized spacial score (nSPS) is 10.5. The molecule has 82 valence electrons. The van der Waals surface area contributed by atoms with Crippen molar-refractivity contribution in [1.29, 1.82) is 0 Å². The number of methoxy groups -OCH3 is 1. The Hall–Kier alpha value is -0.0887. The molecular weight excluding hydrogens is 253 g/mol. The maximum absolute atomic E-state index is 12.4. The molecule has 0 N–H and O–H groups in total. The number of nitro groups is 1. The van der Waals surface area contributed by atoms with Gasteiger partial charge in [-0.1, -0.05) is 5.46 Å². The molecule has 0 aliphatic rings. The zero-order chi connectivity index (χ0) is 11.6. The van der Waals surface area contributed by atoms with Crippen molar-refractivity contribution in [1.82, 2.24) is 0 Å². The average molecular weight is 259 g/mol. The van der Waals surface area contributed by atoms with E-state index in [0.29, 0.717) is 6.07 Å². The first-order valence-electron chi connectivity index (χ1n) is 3.88. The summed E-state index contributed by atoms with van der Waals surface area (Å²) in [6, 6.07) is 2.37. The Balaban J connectivity index is 0.00000225. The Labute approximate surface area is 132 Å². The van der Waals surface area contributed by atoms with Gasteiger partial charge in [-0.2, -0.15) is 0 Å². The smallest absolute Gasteiger partial charge is 0.500 e. The molecule has 0 aromatic heterocycles. The van der Waals surface area contributed by atoms with Gasteiger partial charge >= 0.3 is 58.4 Å². The maximum atomic E-state index is 12.4. The molecule has 0 aliphatic heterocycles. The summed E-state index contributed by atoms with van der Waals surface area (Å²) in [6.45, 7) is -5.32. The van der Waals surface area contributed by atoms with Crippen molar-refractivity contribution >= 4 is 18.1 Å². The van der Waals surface area contributed by atoms with Crippen LogP contribution in [0.1, 0.15) is 0 Å². The quantitative estimate of drug-likeness (QED) is 0.383. The maximum Gasteiger partial charge on any atom is 1.00 e. The number of hydrogen-bond donors (Lipinski definition) is 0. The minimum absolute atomic E-state index is 0. The fourth-order valence-corrected chi connectivity index (χ4v) is 1.09. The molecule has 4 nitrogen and oxygen atoms in total. The third-order valence-corrected chi connectivity index (χ3v) is 1.78. The molecule has 0 saturated carbocycles. The summed E-state index contributed by atoms with van der Waals surface area (Å²) in [7, 11) is 1.08. The van der Waals surface area contributed by atoms with E-state index < -0.39 is 28.8 Å². The predicted octanol–water partition coefficient (Wildman–Crippen LogP) is -1.34. The zero-order valence-electron chi connectivity index (χ0n) is 8.62. The minimum Gasteiger partial charge on any atom is -0.500 e. The Morgan fingerprint density at radius 1 is 1.38 bits per heavy atom. The molecule has 0 unspecified atom stereocenters. The average Bonchev–Trinajstić information content (AvgIpc) is 2.15. The number of benzene rings is 1. The van der Waals surface area contributed by atoms with Crippen LogP contribution in [0.3, 0.4) is 0 Å². The van der Waals surface area contributed by atoms with Gasteiger partial charge in [-0.3, -0.25) is 10.1 Å². The molecule has 0 bridgehead atoms. The van der Waals surface area contributed by atoms with Crippen LogP contribution in [-0.4, -0.2) is 19.0 Å². The van der Waals surface area contributed by atoms with Crippen LogP contribution in [0.15, 0.2) is 18.2 Å². The molecule has 1 aromatic carbocycles. The molecule has 0 spiro atoms. The number of halogens is 3.